The van der Waals surface area contributed by atoms with Gasteiger partial charge < -0.3 is 25.0 Å². The highest BCUT2D eigenvalue weighted by Crippen LogP contribution is 2.34. The van der Waals surface area contributed by atoms with Gasteiger partial charge in [0.2, 0.25) is 5.95 Å². The predicted molar refractivity (Wildman–Crippen MR) is 128 cm³/mol. The lowest BCUT2D eigenvalue weighted by Gasteiger charge is -2.40. The molecule has 0 spiro atoms. The highest BCUT2D eigenvalue weighted by atomic mass is 16.5. The molecule has 188 valence electrons. The number of carboxylic acid groups (broad SMARTS) is 2. The quantitative estimate of drug-likeness (QED) is 0.548. The number of anilines is 2. The van der Waals surface area contributed by atoms with E-state index in [1.165, 1.54) is 44.3 Å². The van der Waals surface area contributed by atoms with Gasteiger partial charge in [0.1, 0.15) is 11.6 Å². The van der Waals surface area contributed by atoms with Gasteiger partial charge >= 0.3 is 0 Å². The van der Waals surface area contributed by atoms with Crippen molar-refractivity contribution in [2.75, 3.05) is 43.4 Å². The third-order valence-corrected chi connectivity index (χ3v) is 6.58. The van der Waals surface area contributed by atoms with Gasteiger partial charge in [-0.15, -0.1) is 0 Å². The third-order valence-electron chi connectivity index (χ3n) is 6.58. The van der Waals surface area contributed by atoms with Gasteiger partial charge in [0.05, 0.1) is 5.69 Å². The van der Waals surface area contributed by atoms with Gasteiger partial charge in [-0.2, -0.15) is 4.98 Å². The maximum atomic E-state index is 8.36. The first-order chi connectivity index (χ1) is 16.5. The second-order valence-corrected chi connectivity index (χ2v) is 8.44. The molecule has 2 aromatic rings. The molecule has 2 aliphatic heterocycles. The minimum atomic E-state index is -0.250. The fourth-order valence-electron chi connectivity index (χ4n) is 4.74. The summed E-state index contributed by atoms with van der Waals surface area (Å²) in [5, 5.41) is 21.0. The fourth-order valence-corrected chi connectivity index (χ4v) is 4.74. The first kappa shape index (κ1) is 27.0. The van der Waals surface area contributed by atoms with Crippen LogP contribution in [-0.2, 0) is 16.1 Å². The van der Waals surface area contributed by atoms with Crippen LogP contribution in [0.25, 0.3) is 0 Å². The largest absolute Gasteiger partial charge is 0.483 e. The van der Waals surface area contributed by atoms with E-state index in [4.69, 9.17) is 24.3 Å². The molecule has 2 saturated heterocycles. The van der Waals surface area contributed by atoms with Gasteiger partial charge in [0.25, 0.3) is 12.9 Å². The summed E-state index contributed by atoms with van der Waals surface area (Å²) < 4.78 is 5.32. The van der Waals surface area contributed by atoms with Gasteiger partial charge in [-0.1, -0.05) is 5.16 Å². The molecular formula is C23H36N6O5. The van der Waals surface area contributed by atoms with Crippen molar-refractivity contribution >= 4 is 24.7 Å². The van der Waals surface area contributed by atoms with Crippen LogP contribution in [0.2, 0.25) is 0 Å². The monoisotopic (exact) mass is 476 g/mol. The normalized spacial score (nSPS) is 17.1. The fraction of sp³-hybridized carbons (Fsp3) is 0.609. The van der Waals surface area contributed by atoms with Crippen LogP contribution in [0.5, 0.6) is 0 Å². The summed E-state index contributed by atoms with van der Waals surface area (Å²) in [5.74, 6) is 4.41. The van der Waals surface area contributed by atoms with E-state index in [0.717, 1.165) is 54.7 Å². The van der Waals surface area contributed by atoms with E-state index in [9.17, 15) is 0 Å². The van der Waals surface area contributed by atoms with Crippen molar-refractivity contribution in [3.8, 4) is 0 Å². The number of hydrogen-bond donors (Lipinski definition) is 3. The number of piperidine rings is 2. The number of hydrogen-bond acceptors (Lipinski definition) is 9. The third kappa shape index (κ3) is 7.68. The van der Waals surface area contributed by atoms with E-state index in [-0.39, 0.29) is 12.9 Å². The first-order valence-electron chi connectivity index (χ1n) is 11.5. The highest BCUT2D eigenvalue weighted by Gasteiger charge is 2.30. The van der Waals surface area contributed by atoms with Crippen molar-refractivity contribution in [3.63, 3.8) is 0 Å². The van der Waals surface area contributed by atoms with Crippen LogP contribution in [-0.4, -0.2) is 76.4 Å². The predicted octanol–water partition coefficient (Wildman–Crippen LogP) is 2.65. The molecule has 2 aliphatic rings. The topological polar surface area (TPSA) is 145 Å². The molecule has 0 atom stereocenters. The van der Waals surface area contributed by atoms with Crippen LogP contribution in [0.15, 0.2) is 16.8 Å². The Kier molecular flexibility index (Phi) is 11.2. The molecule has 0 bridgehead atoms. The van der Waals surface area contributed by atoms with Crippen molar-refractivity contribution < 1.29 is 24.3 Å². The average Bonchev–Trinajstić information content (AvgIpc) is 3.18. The van der Waals surface area contributed by atoms with Crippen LogP contribution >= 0.6 is 0 Å². The molecule has 34 heavy (non-hydrogen) atoms. The zero-order valence-corrected chi connectivity index (χ0v) is 20.2. The molecular weight excluding hydrogens is 440 g/mol. The van der Waals surface area contributed by atoms with E-state index in [1.807, 2.05) is 33.2 Å². The van der Waals surface area contributed by atoms with Crippen LogP contribution < -0.4 is 10.2 Å². The Morgan fingerprint density at radius 3 is 2.12 bits per heavy atom. The molecule has 11 nitrogen and oxygen atoms in total. The molecule has 2 aromatic heterocycles. The zero-order valence-electron chi connectivity index (χ0n) is 20.2. The molecule has 4 rings (SSSR count). The van der Waals surface area contributed by atoms with Crippen molar-refractivity contribution in [3.05, 3.63) is 29.3 Å². The van der Waals surface area contributed by atoms with Gasteiger partial charge in [-0.05, 0) is 70.5 Å². The average molecular weight is 477 g/mol. The molecule has 0 amide bonds. The van der Waals surface area contributed by atoms with Crippen LogP contribution in [0.3, 0.4) is 0 Å². The number of carbonyl (C=O) groups is 2. The summed E-state index contributed by atoms with van der Waals surface area (Å²) in [7, 11) is 1.90. The van der Waals surface area contributed by atoms with Crippen molar-refractivity contribution in [2.45, 2.75) is 46.1 Å². The lowest BCUT2D eigenvalue weighted by atomic mass is 9.79. The van der Waals surface area contributed by atoms with Crippen molar-refractivity contribution in [2.24, 2.45) is 11.8 Å². The minimum Gasteiger partial charge on any atom is -0.483 e. The van der Waals surface area contributed by atoms with E-state index >= 15 is 0 Å². The number of rotatable bonds is 5. The molecule has 0 aromatic carbocycles. The Hall–Kier alpha value is -3.21. The molecule has 11 heteroatoms. The summed E-state index contributed by atoms with van der Waals surface area (Å²) in [6.07, 6.45) is 6.96. The summed E-state index contributed by atoms with van der Waals surface area (Å²) >= 11 is 0. The van der Waals surface area contributed by atoms with E-state index < -0.39 is 0 Å². The maximum Gasteiger partial charge on any atom is 0.290 e. The summed E-state index contributed by atoms with van der Waals surface area (Å²) in [6.45, 7) is 9.04. The number of aryl methyl sites for hydroxylation is 2. The molecule has 0 aliphatic carbocycles. The number of nitrogens with one attached hydrogen (secondary N) is 1. The first-order valence-corrected chi connectivity index (χ1v) is 11.5. The zero-order chi connectivity index (χ0) is 24.9. The lowest BCUT2D eigenvalue weighted by molar-refractivity contribution is -0.123. The van der Waals surface area contributed by atoms with Gasteiger partial charge in [-0.3, -0.25) is 14.5 Å². The lowest BCUT2D eigenvalue weighted by Crippen LogP contribution is -2.41. The van der Waals surface area contributed by atoms with Crippen LogP contribution in [0.1, 0.15) is 42.7 Å². The minimum absolute atomic E-state index is 0.250. The standard InChI is InChI=1S/C21H32N6O.2CH2O2/c1-15-19(16(2)28-25-15)14-26-10-5-17(6-11-26)18-7-12-27(13-8-18)21-23-9-4-20(22-3)24-21;2*2-1-3/h4,9,17-18H,5-8,10-14H2,1-3H3,(H,22,23,24);2*1H,(H,2,3). The van der Waals surface area contributed by atoms with E-state index in [2.05, 4.69) is 30.2 Å². The van der Waals surface area contributed by atoms with Crippen LogP contribution in [0.4, 0.5) is 11.8 Å². The van der Waals surface area contributed by atoms with Gasteiger partial charge in [0, 0.05) is 38.4 Å². The number of aromatic nitrogens is 3. The Morgan fingerprint density at radius 2 is 1.62 bits per heavy atom. The van der Waals surface area contributed by atoms with E-state index in [0.29, 0.717) is 0 Å². The van der Waals surface area contributed by atoms with Crippen LogP contribution in [0, 0.1) is 25.7 Å². The highest BCUT2D eigenvalue weighted by molar-refractivity contribution is 5.40. The summed E-state index contributed by atoms with van der Waals surface area (Å²) in [5.41, 5.74) is 2.31. The second kappa shape index (κ2) is 14.1. The number of nitrogens with zero attached hydrogens (tertiary/aromatic N) is 5. The number of likely N-dealkylation sites (tertiary alicyclic amines) is 1. The molecule has 4 heterocycles. The molecule has 3 N–H and O–H groups in total. The Labute approximate surface area is 200 Å². The Morgan fingerprint density at radius 1 is 1.06 bits per heavy atom. The molecule has 0 saturated carbocycles. The Bertz CT molecular complexity index is 851. The van der Waals surface area contributed by atoms with E-state index in [1.54, 1.807) is 0 Å². The summed E-state index contributed by atoms with van der Waals surface area (Å²) in [6, 6.07) is 1.91. The van der Waals surface area contributed by atoms with Crippen molar-refractivity contribution in [1.82, 2.24) is 20.0 Å². The molecule has 0 radical (unpaired) electrons. The van der Waals surface area contributed by atoms with Gasteiger partial charge in [-0.25, -0.2) is 4.98 Å². The SMILES string of the molecule is CNc1ccnc(N2CCC(C3CCN(Cc4c(C)noc4C)CC3)CC2)n1.O=CO.O=CO. The summed E-state index contributed by atoms with van der Waals surface area (Å²) in [4.78, 5) is 30.7. The second-order valence-electron chi connectivity index (χ2n) is 8.44. The maximum absolute atomic E-state index is 8.36. The molecule has 2 fully saturated rings. The van der Waals surface area contributed by atoms with Gasteiger partial charge in [0.15, 0.2) is 0 Å². The molecule has 0 unspecified atom stereocenters. The Balaban J connectivity index is 0.000000618. The smallest absolute Gasteiger partial charge is 0.290 e. The van der Waals surface area contributed by atoms with Crippen molar-refractivity contribution in [1.29, 1.82) is 0 Å².